The van der Waals surface area contributed by atoms with Gasteiger partial charge in [-0.1, -0.05) is 30.3 Å². The van der Waals surface area contributed by atoms with E-state index in [4.69, 9.17) is 0 Å². The molecule has 1 N–H and O–H groups in total. The van der Waals surface area contributed by atoms with Crippen LogP contribution in [0.2, 0.25) is 0 Å². The maximum Gasteiger partial charge on any atom is 0.268 e. The van der Waals surface area contributed by atoms with Gasteiger partial charge in [0, 0.05) is 40.8 Å². The molecule has 0 radical (unpaired) electrons. The van der Waals surface area contributed by atoms with E-state index in [1.54, 1.807) is 36.7 Å². The van der Waals surface area contributed by atoms with Crippen LogP contribution in [0, 0.1) is 5.82 Å². The predicted octanol–water partition coefficient (Wildman–Crippen LogP) is 5.07. The van der Waals surface area contributed by atoms with Crippen molar-refractivity contribution in [3.63, 3.8) is 0 Å². The third-order valence-electron chi connectivity index (χ3n) is 5.38. The van der Waals surface area contributed by atoms with E-state index in [1.807, 2.05) is 17.5 Å². The minimum atomic E-state index is -3.91. The lowest BCUT2D eigenvalue weighted by Gasteiger charge is -2.09. The highest BCUT2D eigenvalue weighted by molar-refractivity contribution is 7.90. The monoisotopic (exact) mass is 491 g/mol. The van der Waals surface area contributed by atoms with Crippen molar-refractivity contribution < 1.29 is 17.6 Å². The Morgan fingerprint density at radius 1 is 1.00 bits per heavy atom. The number of nitrogens with one attached hydrogen (secondary N) is 1. The van der Waals surface area contributed by atoms with Crippen molar-refractivity contribution in [1.82, 2.24) is 14.3 Å². The van der Waals surface area contributed by atoms with Crippen LogP contribution in [-0.2, 0) is 16.6 Å². The number of halogens is 1. The molecule has 2 aromatic heterocycles. The molecule has 34 heavy (non-hydrogen) atoms. The Morgan fingerprint density at radius 3 is 2.44 bits per heavy atom. The van der Waals surface area contributed by atoms with Gasteiger partial charge < -0.3 is 5.32 Å². The molecule has 0 aliphatic heterocycles. The van der Waals surface area contributed by atoms with Crippen LogP contribution in [0.15, 0.2) is 95.5 Å². The van der Waals surface area contributed by atoms with Crippen molar-refractivity contribution in [3.8, 4) is 10.6 Å². The van der Waals surface area contributed by atoms with E-state index in [2.05, 4.69) is 10.3 Å². The Balaban J connectivity index is 1.41. The standard InChI is InChI=1S/C25H18FN3O3S2/c26-19-9-5-17(6-10-19)15-28-24(30)18-7-11-20(12-8-18)34(31,32)29-16-22(25-27-13-14-33-25)21-3-1-2-4-23(21)29/h1-14,16H,15H2,(H,28,30). The summed E-state index contributed by atoms with van der Waals surface area (Å²) in [6.45, 7) is 0.230. The van der Waals surface area contributed by atoms with E-state index in [-0.39, 0.29) is 23.2 Å². The van der Waals surface area contributed by atoms with Crippen molar-refractivity contribution in [3.05, 3.63) is 108 Å². The first-order chi connectivity index (χ1) is 16.4. The molecule has 0 saturated heterocycles. The molecule has 3 aromatic carbocycles. The van der Waals surface area contributed by atoms with E-state index in [9.17, 15) is 17.6 Å². The summed E-state index contributed by atoms with van der Waals surface area (Å²) in [5.41, 5.74) is 2.37. The summed E-state index contributed by atoms with van der Waals surface area (Å²) >= 11 is 1.44. The van der Waals surface area contributed by atoms with Crippen molar-refractivity contribution >= 4 is 38.2 Å². The number of fused-ring (bicyclic) bond motifs is 1. The van der Waals surface area contributed by atoms with Gasteiger partial charge in [-0.25, -0.2) is 21.8 Å². The van der Waals surface area contributed by atoms with Crippen LogP contribution < -0.4 is 5.32 Å². The first-order valence-electron chi connectivity index (χ1n) is 10.3. The number of amides is 1. The zero-order valence-electron chi connectivity index (χ0n) is 17.7. The summed E-state index contributed by atoms with van der Waals surface area (Å²) in [7, 11) is -3.91. The quantitative estimate of drug-likeness (QED) is 0.360. The molecule has 6 nitrogen and oxygen atoms in total. The predicted molar refractivity (Wildman–Crippen MR) is 130 cm³/mol. The molecular formula is C25H18FN3O3S2. The number of hydrogen-bond acceptors (Lipinski definition) is 5. The lowest BCUT2D eigenvalue weighted by molar-refractivity contribution is 0.0951. The molecule has 2 heterocycles. The molecule has 0 saturated carbocycles. The topological polar surface area (TPSA) is 81.1 Å². The van der Waals surface area contributed by atoms with Crippen LogP contribution in [0.4, 0.5) is 4.39 Å². The van der Waals surface area contributed by atoms with Gasteiger partial charge in [0.25, 0.3) is 15.9 Å². The smallest absolute Gasteiger partial charge is 0.268 e. The molecule has 0 atom stereocenters. The SMILES string of the molecule is O=C(NCc1ccc(F)cc1)c1ccc(S(=O)(=O)n2cc(-c3nccs3)c3ccccc32)cc1. The van der Waals surface area contributed by atoms with Gasteiger partial charge in [0.1, 0.15) is 10.8 Å². The largest absolute Gasteiger partial charge is 0.348 e. The van der Waals surface area contributed by atoms with Crippen molar-refractivity contribution in [2.45, 2.75) is 11.4 Å². The highest BCUT2D eigenvalue weighted by atomic mass is 32.2. The molecule has 0 unspecified atom stereocenters. The summed E-state index contributed by atoms with van der Waals surface area (Å²) < 4.78 is 41.2. The second-order valence-electron chi connectivity index (χ2n) is 7.53. The lowest BCUT2D eigenvalue weighted by Crippen LogP contribution is -2.22. The second kappa shape index (κ2) is 8.85. The van der Waals surface area contributed by atoms with E-state index < -0.39 is 10.0 Å². The first kappa shape index (κ1) is 22.0. The molecule has 0 spiro atoms. The van der Waals surface area contributed by atoms with Gasteiger partial charge in [-0.15, -0.1) is 11.3 Å². The molecule has 0 fully saturated rings. The van der Waals surface area contributed by atoms with Gasteiger partial charge in [0.15, 0.2) is 0 Å². The highest BCUT2D eigenvalue weighted by Gasteiger charge is 2.22. The molecule has 1 amide bonds. The minimum absolute atomic E-state index is 0.0639. The number of nitrogens with zero attached hydrogens (tertiary/aromatic N) is 2. The molecule has 0 bridgehead atoms. The number of hydrogen-bond donors (Lipinski definition) is 1. The Morgan fingerprint density at radius 2 is 1.74 bits per heavy atom. The average Bonchev–Trinajstić information content (AvgIpc) is 3.52. The normalized spacial score (nSPS) is 11.6. The molecule has 5 rings (SSSR count). The van der Waals surface area contributed by atoms with Gasteiger partial charge in [-0.3, -0.25) is 4.79 Å². The number of benzene rings is 3. The van der Waals surface area contributed by atoms with Gasteiger partial charge in [0.05, 0.1) is 10.4 Å². The molecular weight excluding hydrogens is 473 g/mol. The number of thiazole rings is 1. The zero-order valence-corrected chi connectivity index (χ0v) is 19.3. The number of rotatable bonds is 6. The summed E-state index contributed by atoms with van der Waals surface area (Å²) in [5, 5.41) is 6.11. The van der Waals surface area contributed by atoms with Crippen molar-refractivity contribution in [2.75, 3.05) is 0 Å². The zero-order chi connectivity index (χ0) is 23.7. The molecule has 9 heteroatoms. The highest BCUT2D eigenvalue weighted by Crippen LogP contribution is 2.33. The van der Waals surface area contributed by atoms with Crippen LogP contribution >= 0.6 is 11.3 Å². The Labute approximate surface area is 199 Å². The van der Waals surface area contributed by atoms with E-state index in [0.29, 0.717) is 11.1 Å². The maximum absolute atomic E-state index is 13.5. The van der Waals surface area contributed by atoms with Gasteiger partial charge in [-0.05, 0) is 48.0 Å². The van der Waals surface area contributed by atoms with E-state index in [0.717, 1.165) is 21.5 Å². The fraction of sp³-hybridized carbons (Fsp3) is 0.0400. The molecule has 5 aromatic rings. The van der Waals surface area contributed by atoms with E-state index >= 15 is 0 Å². The van der Waals surface area contributed by atoms with E-state index in [1.165, 1.54) is 51.7 Å². The first-order valence-corrected chi connectivity index (χ1v) is 12.6. The van der Waals surface area contributed by atoms with Crippen LogP contribution in [0.5, 0.6) is 0 Å². The van der Waals surface area contributed by atoms with Gasteiger partial charge in [0.2, 0.25) is 0 Å². The van der Waals surface area contributed by atoms with Crippen LogP contribution in [-0.4, -0.2) is 23.3 Å². The summed E-state index contributed by atoms with van der Waals surface area (Å²) in [4.78, 5) is 16.9. The number of carbonyl (C=O) groups excluding carboxylic acids is 1. The summed E-state index contributed by atoms with van der Waals surface area (Å²) in [5.74, 6) is -0.702. The average molecular weight is 492 g/mol. The van der Waals surface area contributed by atoms with Crippen molar-refractivity contribution in [2.24, 2.45) is 0 Å². The molecule has 0 aliphatic carbocycles. The van der Waals surface area contributed by atoms with Crippen LogP contribution in [0.3, 0.4) is 0 Å². The number of carbonyl (C=O) groups is 1. The Hall–Kier alpha value is -3.82. The lowest BCUT2D eigenvalue weighted by atomic mass is 10.2. The van der Waals surface area contributed by atoms with Crippen molar-refractivity contribution in [1.29, 1.82) is 0 Å². The van der Waals surface area contributed by atoms with Gasteiger partial charge >= 0.3 is 0 Å². The maximum atomic E-state index is 13.5. The third kappa shape index (κ3) is 4.11. The fourth-order valence-electron chi connectivity index (χ4n) is 3.65. The Bertz CT molecular complexity index is 1580. The number of aromatic nitrogens is 2. The molecule has 170 valence electrons. The number of para-hydroxylation sites is 1. The summed E-state index contributed by atoms with van der Waals surface area (Å²) in [6, 6.07) is 18.9. The van der Waals surface area contributed by atoms with Crippen LogP contribution in [0.25, 0.3) is 21.5 Å². The Kier molecular flexibility index (Phi) is 5.72. The fourth-order valence-corrected chi connectivity index (χ4v) is 5.69. The third-order valence-corrected chi connectivity index (χ3v) is 7.87. The summed E-state index contributed by atoms with van der Waals surface area (Å²) in [6.07, 6.45) is 3.27. The van der Waals surface area contributed by atoms with Crippen LogP contribution in [0.1, 0.15) is 15.9 Å². The minimum Gasteiger partial charge on any atom is -0.348 e. The second-order valence-corrected chi connectivity index (χ2v) is 10.2. The van der Waals surface area contributed by atoms with Gasteiger partial charge in [-0.2, -0.15) is 0 Å². The molecule has 0 aliphatic rings.